The molecule has 0 aromatic heterocycles. The van der Waals surface area contributed by atoms with Crippen molar-refractivity contribution in [1.82, 2.24) is 15.1 Å². The fraction of sp³-hybridized carbons (Fsp3) is 0.833. The van der Waals surface area contributed by atoms with Crippen LogP contribution in [0.4, 0.5) is 4.79 Å². The van der Waals surface area contributed by atoms with Gasteiger partial charge in [0.1, 0.15) is 6.61 Å². The number of nitrogens with one attached hydrogen (secondary N) is 1. The molecule has 2 heterocycles. The monoisotopic (exact) mass is 351 g/mol. The van der Waals surface area contributed by atoms with Crippen LogP contribution in [0.25, 0.3) is 0 Å². The first kappa shape index (κ1) is 18.0. The smallest absolute Gasteiger partial charge is 0.409 e. The van der Waals surface area contributed by atoms with Gasteiger partial charge in [0, 0.05) is 32.6 Å². The predicted octanol–water partition coefficient (Wildman–Crippen LogP) is 1.37. The molecule has 0 unspecified atom stereocenters. The van der Waals surface area contributed by atoms with Crippen LogP contribution in [0.3, 0.4) is 0 Å². The van der Waals surface area contributed by atoms with Crippen LogP contribution in [-0.4, -0.2) is 67.0 Å². The van der Waals surface area contributed by atoms with E-state index in [4.69, 9.17) is 4.74 Å². The van der Waals surface area contributed by atoms with Gasteiger partial charge in [-0.25, -0.2) is 4.79 Å². The van der Waals surface area contributed by atoms with Gasteiger partial charge in [-0.05, 0) is 25.2 Å². The van der Waals surface area contributed by atoms with E-state index in [0.717, 1.165) is 6.54 Å². The minimum absolute atomic E-state index is 0.00583. The highest BCUT2D eigenvalue weighted by molar-refractivity contribution is 5.83. The molecule has 7 heteroatoms. The van der Waals surface area contributed by atoms with E-state index in [1.165, 1.54) is 32.1 Å². The molecule has 1 N–H and O–H groups in total. The van der Waals surface area contributed by atoms with Gasteiger partial charge in [-0.1, -0.05) is 19.3 Å². The summed E-state index contributed by atoms with van der Waals surface area (Å²) in [6.07, 6.45) is 7.00. The van der Waals surface area contributed by atoms with E-state index in [0.29, 0.717) is 51.5 Å². The van der Waals surface area contributed by atoms with E-state index in [1.54, 1.807) is 4.90 Å². The van der Waals surface area contributed by atoms with Gasteiger partial charge in [0.05, 0.1) is 12.5 Å². The van der Waals surface area contributed by atoms with Gasteiger partial charge in [-0.2, -0.15) is 0 Å². The largest absolute Gasteiger partial charge is 0.448 e. The van der Waals surface area contributed by atoms with Crippen molar-refractivity contribution >= 4 is 17.9 Å². The molecule has 0 bridgehead atoms. The zero-order valence-corrected chi connectivity index (χ0v) is 14.9. The molecule has 0 spiro atoms. The summed E-state index contributed by atoms with van der Waals surface area (Å²) in [5.74, 6) is 0.649. The van der Waals surface area contributed by atoms with Crippen LogP contribution >= 0.6 is 0 Å². The molecule has 1 aliphatic carbocycles. The summed E-state index contributed by atoms with van der Waals surface area (Å²) in [6, 6.07) is 0. The minimum atomic E-state index is -0.309. The average molecular weight is 351 g/mol. The lowest BCUT2D eigenvalue weighted by molar-refractivity contribution is -0.139. The van der Waals surface area contributed by atoms with Crippen molar-refractivity contribution in [3.8, 4) is 0 Å². The number of cyclic esters (lactones) is 1. The molecule has 1 saturated carbocycles. The van der Waals surface area contributed by atoms with Gasteiger partial charge < -0.3 is 19.9 Å². The first-order valence-electron chi connectivity index (χ1n) is 9.60. The molecule has 3 fully saturated rings. The Morgan fingerprint density at radius 1 is 1.12 bits per heavy atom. The van der Waals surface area contributed by atoms with Gasteiger partial charge in [0.15, 0.2) is 0 Å². The van der Waals surface area contributed by atoms with Crippen LogP contribution in [0, 0.1) is 11.8 Å². The Morgan fingerprint density at radius 2 is 1.92 bits per heavy atom. The Bertz CT molecular complexity index is 505. The Morgan fingerprint density at radius 3 is 2.64 bits per heavy atom. The minimum Gasteiger partial charge on any atom is -0.448 e. The Kier molecular flexibility index (Phi) is 6.15. The first-order chi connectivity index (χ1) is 12.1. The number of likely N-dealkylation sites (tertiary alicyclic amines) is 1. The summed E-state index contributed by atoms with van der Waals surface area (Å²) in [4.78, 5) is 39.5. The van der Waals surface area contributed by atoms with E-state index >= 15 is 0 Å². The number of rotatable bonds is 6. The number of carbonyl (C=O) groups is 3. The van der Waals surface area contributed by atoms with Gasteiger partial charge in [0.2, 0.25) is 11.8 Å². The highest BCUT2D eigenvalue weighted by Crippen LogP contribution is 2.27. The fourth-order valence-corrected chi connectivity index (χ4v) is 4.07. The second kappa shape index (κ2) is 8.54. The van der Waals surface area contributed by atoms with Crippen molar-refractivity contribution in [3.05, 3.63) is 0 Å². The summed E-state index contributed by atoms with van der Waals surface area (Å²) in [6.45, 7) is 3.26. The molecule has 3 rings (SSSR count). The third-order valence-electron chi connectivity index (χ3n) is 5.60. The van der Waals surface area contributed by atoms with Crippen LogP contribution in [-0.2, 0) is 14.3 Å². The quantitative estimate of drug-likeness (QED) is 0.784. The Hall–Kier alpha value is -1.79. The number of amides is 3. The van der Waals surface area contributed by atoms with Crippen molar-refractivity contribution in [2.75, 3.05) is 39.3 Å². The SMILES string of the molecule is O=C(NCCN1CCOC1=O)[C@H]1CCC(=O)N(CC2CCCCC2)C1. The van der Waals surface area contributed by atoms with E-state index in [-0.39, 0.29) is 23.8 Å². The summed E-state index contributed by atoms with van der Waals surface area (Å²) < 4.78 is 4.87. The molecule has 2 aliphatic heterocycles. The topological polar surface area (TPSA) is 79.0 Å². The van der Waals surface area contributed by atoms with Crippen molar-refractivity contribution in [1.29, 1.82) is 0 Å². The molecule has 3 aliphatic rings. The third kappa shape index (κ3) is 4.86. The maximum Gasteiger partial charge on any atom is 0.409 e. The molecule has 1 atom stereocenters. The molecule has 0 radical (unpaired) electrons. The van der Waals surface area contributed by atoms with Gasteiger partial charge in [-0.3, -0.25) is 9.59 Å². The highest BCUT2D eigenvalue weighted by atomic mass is 16.6. The predicted molar refractivity (Wildman–Crippen MR) is 91.8 cm³/mol. The molecular formula is C18H29N3O4. The third-order valence-corrected chi connectivity index (χ3v) is 5.60. The molecule has 25 heavy (non-hydrogen) atoms. The maximum absolute atomic E-state index is 12.4. The van der Waals surface area contributed by atoms with Crippen LogP contribution in [0.2, 0.25) is 0 Å². The molecule has 2 saturated heterocycles. The zero-order valence-electron chi connectivity index (χ0n) is 14.9. The average Bonchev–Trinajstić information content (AvgIpc) is 3.03. The fourth-order valence-electron chi connectivity index (χ4n) is 4.07. The normalized spacial score (nSPS) is 25.2. The number of carbonyl (C=O) groups excluding carboxylic acids is 3. The highest BCUT2D eigenvalue weighted by Gasteiger charge is 2.31. The summed E-state index contributed by atoms with van der Waals surface area (Å²) in [7, 11) is 0. The Labute approximate surface area is 149 Å². The number of hydrogen-bond acceptors (Lipinski definition) is 4. The maximum atomic E-state index is 12.4. The van der Waals surface area contributed by atoms with Gasteiger partial charge >= 0.3 is 6.09 Å². The lowest BCUT2D eigenvalue weighted by atomic mass is 9.87. The van der Waals surface area contributed by atoms with Gasteiger partial charge in [0.25, 0.3) is 0 Å². The van der Waals surface area contributed by atoms with E-state index in [2.05, 4.69) is 5.32 Å². The number of nitrogens with zero attached hydrogens (tertiary/aromatic N) is 2. The van der Waals surface area contributed by atoms with E-state index in [9.17, 15) is 14.4 Å². The van der Waals surface area contributed by atoms with Crippen molar-refractivity contribution in [2.24, 2.45) is 11.8 Å². The van der Waals surface area contributed by atoms with E-state index < -0.39 is 0 Å². The summed E-state index contributed by atoms with van der Waals surface area (Å²) in [5.41, 5.74) is 0. The molecule has 0 aromatic carbocycles. The van der Waals surface area contributed by atoms with Crippen molar-refractivity contribution < 1.29 is 19.1 Å². The number of ether oxygens (including phenoxy) is 1. The second-order valence-electron chi connectivity index (χ2n) is 7.43. The lowest BCUT2D eigenvalue weighted by Crippen LogP contribution is -2.48. The number of hydrogen-bond donors (Lipinski definition) is 1. The van der Waals surface area contributed by atoms with Gasteiger partial charge in [-0.15, -0.1) is 0 Å². The summed E-state index contributed by atoms with van der Waals surface area (Å²) in [5, 5.41) is 2.91. The first-order valence-corrected chi connectivity index (χ1v) is 9.60. The van der Waals surface area contributed by atoms with Crippen molar-refractivity contribution in [2.45, 2.75) is 44.9 Å². The second-order valence-corrected chi connectivity index (χ2v) is 7.43. The molecule has 7 nitrogen and oxygen atoms in total. The molecular weight excluding hydrogens is 322 g/mol. The van der Waals surface area contributed by atoms with Crippen LogP contribution in [0.1, 0.15) is 44.9 Å². The van der Waals surface area contributed by atoms with Crippen LogP contribution in [0.5, 0.6) is 0 Å². The summed E-state index contributed by atoms with van der Waals surface area (Å²) >= 11 is 0. The lowest BCUT2D eigenvalue weighted by Gasteiger charge is -2.35. The standard InChI is InChI=1S/C18H29N3O4/c22-16-7-6-15(13-21(16)12-14-4-2-1-3-5-14)17(23)19-8-9-20-10-11-25-18(20)24/h14-15H,1-13H2,(H,19,23)/t15-/m0/s1. The zero-order chi connectivity index (χ0) is 17.6. The Balaban J connectivity index is 1.42. The molecule has 0 aromatic rings. The number of piperidine rings is 1. The van der Waals surface area contributed by atoms with E-state index in [1.807, 2.05) is 4.90 Å². The van der Waals surface area contributed by atoms with Crippen LogP contribution < -0.4 is 5.32 Å². The molecule has 140 valence electrons. The molecule has 3 amide bonds. The van der Waals surface area contributed by atoms with Crippen LogP contribution in [0.15, 0.2) is 0 Å². The van der Waals surface area contributed by atoms with Crippen molar-refractivity contribution in [3.63, 3.8) is 0 Å².